The molecule has 2 heterocycles. The summed E-state index contributed by atoms with van der Waals surface area (Å²) in [7, 11) is 0. The van der Waals surface area contributed by atoms with E-state index in [0.29, 0.717) is 0 Å². The lowest BCUT2D eigenvalue weighted by Gasteiger charge is -2.18. The van der Waals surface area contributed by atoms with Gasteiger partial charge in [0.1, 0.15) is 0 Å². The largest absolute Gasteiger partial charge is 0.372 e. The second kappa shape index (κ2) is 5.83. The number of benzene rings is 1. The van der Waals surface area contributed by atoms with Crippen LogP contribution in [0.4, 0.5) is 5.69 Å². The van der Waals surface area contributed by atoms with Crippen LogP contribution in [0.1, 0.15) is 24.2 Å². The summed E-state index contributed by atoms with van der Waals surface area (Å²) in [5, 5.41) is 0.834. The molecule has 0 amide bonds. The van der Waals surface area contributed by atoms with E-state index < -0.39 is 0 Å². The lowest BCUT2D eigenvalue weighted by atomic mass is 10.3. The van der Waals surface area contributed by atoms with Crippen LogP contribution in [0.15, 0.2) is 40.4 Å². The van der Waals surface area contributed by atoms with E-state index in [1.165, 1.54) is 36.5 Å². The lowest BCUT2D eigenvalue weighted by molar-refractivity contribution is 0.902. The van der Waals surface area contributed by atoms with Crippen molar-refractivity contribution in [3.8, 4) is 0 Å². The third-order valence-corrected chi connectivity index (χ3v) is 4.31. The Labute approximate surface area is 124 Å². The van der Waals surface area contributed by atoms with Gasteiger partial charge in [-0.2, -0.15) is 0 Å². The highest BCUT2D eigenvalue weighted by Gasteiger charge is 2.13. The van der Waals surface area contributed by atoms with Crippen molar-refractivity contribution in [2.75, 3.05) is 18.0 Å². The maximum absolute atomic E-state index is 4.49. The fourth-order valence-electron chi connectivity index (χ4n) is 2.56. The fraction of sp³-hybridized carbons (Fsp3) is 0.375. The fourth-order valence-corrected chi connectivity index (χ4v) is 3.48. The Hall–Kier alpha value is -1.55. The van der Waals surface area contributed by atoms with Crippen LogP contribution >= 0.6 is 11.8 Å². The second-order valence-electron chi connectivity index (χ2n) is 5.23. The smallest absolute Gasteiger partial charge is 0.192 e. The molecule has 4 heteroatoms. The molecule has 1 fully saturated rings. The highest BCUT2D eigenvalue weighted by molar-refractivity contribution is 7.99. The van der Waals surface area contributed by atoms with Crippen molar-refractivity contribution in [1.29, 1.82) is 0 Å². The van der Waals surface area contributed by atoms with Gasteiger partial charge in [-0.05, 0) is 62.7 Å². The van der Waals surface area contributed by atoms with E-state index >= 15 is 0 Å². The molecule has 1 saturated heterocycles. The van der Waals surface area contributed by atoms with Gasteiger partial charge in [0.05, 0.1) is 0 Å². The van der Waals surface area contributed by atoms with Gasteiger partial charge >= 0.3 is 0 Å². The molecule has 0 unspecified atom stereocenters. The summed E-state index contributed by atoms with van der Waals surface area (Å²) in [5.41, 5.74) is 3.36. The lowest BCUT2D eigenvalue weighted by Crippen LogP contribution is -2.17. The van der Waals surface area contributed by atoms with Gasteiger partial charge in [0.25, 0.3) is 0 Å². The molecule has 0 atom stereocenters. The maximum Gasteiger partial charge on any atom is 0.192 e. The van der Waals surface area contributed by atoms with Crippen LogP contribution in [0, 0.1) is 13.8 Å². The minimum atomic E-state index is 0.834. The molecule has 104 valence electrons. The average molecular weight is 285 g/mol. The standard InChI is InChI=1S/C16H19N3S/c1-12-10-13(2)18-16(17-12)20-15-7-5-6-14(11-15)19-8-3-4-9-19/h5-7,10-11H,3-4,8-9H2,1-2H3. The first kappa shape index (κ1) is 13.4. The van der Waals surface area contributed by atoms with Crippen molar-refractivity contribution >= 4 is 17.4 Å². The normalized spacial score (nSPS) is 14.8. The van der Waals surface area contributed by atoms with Crippen molar-refractivity contribution in [3.05, 3.63) is 41.7 Å². The zero-order valence-electron chi connectivity index (χ0n) is 12.0. The van der Waals surface area contributed by atoms with Gasteiger partial charge in [0.15, 0.2) is 5.16 Å². The van der Waals surface area contributed by atoms with Gasteiger partial charge in [-0.1, -0.05) is 6.07 Å². The first-order valence-electron chi connectivity index (χ1n) is 7.06. The SMILES string of the molecule is Cc1cc(C)nc(Sc2cccc(N3CCCC3)c2)n1. The summed E-state index contributed by atoms with van der Waals surface area (Å²) < 4.78 is 0. The molecule has 3 rings (SSSR count). The Kier molecular flexibility index (Phi) is 3.92. The van der Waals surface area contributed by atoms with E-state index in [9.17, 15) is 0 Å². The summed E-state index contributed by atoms with van der Waals surface area (Å²) in [6, 6.07) is 10.7. The molecule has 0 saturated carbocycles. The number of aromatic nitrogens is 2. The van der Waals surface area contributed by atoms with Crippen LogP contribution in [0.25, 0.3) is 0 Å². The topological polar surface area (TPSA) is 29.0 Å². The van der Waals surface area contributed by atoms with E-state index in [1.54, 1.807) is 11.8 Å². The number of hydrogen-bond acceptors (Lipinski definition) is 4. The summed E-state index contributed by atoms with van der Waals surface area (Å²) in [6.45, 7) is 6.38. The molecule has 0 spiro atoms. The molecule has 1 aromatic carbocycles. The zero-order valence-corrected chi connectivity index (χ0v) is 12.8. The van der Waals surface area contributed by atoms with Crippen LogP contribution in [0.2, 0.25) is 0 Å². The van der Waals surface area contributed by atoms with E-state index in [1.807, 2.05) is 19.9 Å². The van der Waals surface area contributed by atoms with E-state index in [2.05, 4.69) is 39.1 Å². The van der Waals surface area contributed by atoms with Crippen molar-refractivity contribution in [3.63, 3.8) is 0 Å². The number of rotatable bonds is 3. The molecule has 0 N–H and O–H groups in total. The molecule has 2 aromatic rings. The van der Waals surface area contributed by atoms with E-state index in [0.717, 1.165) is 16.5 Å². The van der Waals surface area contributed by atoms with Gasteiger partial charge in [-0.3, -0.25) is 0 Å². The predicted octanol–water partition coefficient (Wildman–Crippen LogP) is 3.84. The first-order chi connectivity index (χ1) is 9.70. The van der Waals surface area contributed by atoms with Crippen LogP contribution in [0.5, 0.6) is 0 Å². The zero-order chi connectivity index (χ0) is 13.9. The van der Waals surface area contributed by atoms with Crippen LogP contribution in [0.3, 0.4) is 0 Å². The highest BCUT2D eigenvalue weighted by Crippen LogP contribution is 2.29. The summed E-state index contributed by atoms with van der Waals surface area (Å²) in [6.07, 6.45) is 2.61. The number of anilines is 1. The Balaban J connectivity index is 1.81. The third kappa shape index (κ3) is 3.12. The van der Waals surface area contributed by atoms with Crippen molar-refractivity contribution in [1.82, 2.24) is 9.97 Å². The van der Waals surface area contributed by atoms with Crippen LogP contribution in [-0.4, -0.2) is 23.1 Å². The van der Waals surface area contributed by atoms with Crippen molar-refractivity contribution in [2.24, 2.45) is 0 Å². The van der Waals surface area contributed by atoms with Crippen molar-refractivity contribution < 1.29 is 0 Å². The van der Waals surface area contributed by atoms with Gasteiger partial charge in [-0.25, -0.2) is 9.97 Å². The molecule has 1 aliphatic heterocycles. The predicted molar refractivity (Wildman–Crippen MR) is 83.5 cm³/mol. The third-order valence-electron chi connectivity index (χ3n) is 3.46. The number of hydrogen-bond donors (Lipinski definition) is 0. The quantitative estimate of drug-likeness (QED) is 0.801. The molecule has 1 aliphatic rings. The van der Waals surface area contributed by atoms with Crippen molar-refractivity contribution in [2.45, 2.75) is 36.7 Å². The Morgan fingerprint density at radius 3 is 2.40 bits per heavy atom. The van der Waals surface area contributed by atoms with Gasteiger partial charge in [0, 0.05) is 35.1 Å². The Morgan fingerprint density at radius 2 is 1.70 bits per heavy atom. The minimum Gasteiger partial charge on any atom is -0.372 e. The number of aryl methyl sites for hydroxylation is 2. The summed E-state index contributed by atoms with van der Waals surface area (Å²) in [4.78, 5) is 12.6. The molecular formula is C16H19N3S. The van der Waals surface area contributed by atoms with Crippen LogP contribution in [-0.2, 0) is 0 Å². The summed E-state index contributed by atoms with van der Waals surface area (Å²) >= 11 is 1.64. The van der Waals surface area contributed by atoms with E-state index in [4.69, 9.17) is 0 Å². The second-order valence-corrected chi connectivity index (χ2v) is 6.27. The minimum absolute atomic E-state index is 0.834. The molecule has 3 nitrogen and oxygen atoms in total. The average Bonchev–Trinajstić information content (AvgIpc) is 2.91. The molecule has 0 bridgehead atoms. The number of nitrogens with zero attached hydrogens (tertiary/aromatic N) is 3. The highest BCUT2D eigenvalue weighted by atomic mass is 32.2. The molecule has 0 aliphatic carbocycles. The molecule has 0 radical (unpaired) electrons. The van der Waals surface area contributed by atoms with Gasteiger partial charge < -0.3 is 4.90 Å². The van der Waals surface area contributed by atoms with E-state index in [-0.39, 0.29) is 0 Å². The van der Waals surface area contributed by atoms with Crippen LogP contribution < -0.4 is 4.90 Å². The Bertz CT molecular complexity index is 586. The van der Waals surface area contributed by atoms with Gasteiger partial charge in [-0.15, -0.1) is 0 Å². The Morgan fingerprint density at radius 1 is 1.00 bits per heavy atom. The molecule has 20 heavy (non-hydrogen) atoms. The first-order valence-corrected chi connectivity index (χ1v) is 7.87. The monoisotopic (exact) mass is 285 g/mol. The summed E-state index contributed by atoms with van der Waals surface area (Å²) in [5.74, 6) is 0. The molecular weight excluding hydrogens is 266 g/mol. The molecule has 1 aromatic heterocycles. The van der Waals surface area contributed by atoms with Gasteiger partial charge in [0.2, 0.25) is 0 Å². The maximum atomic E-state index is 4.49.